The van der Waals surface area contributed by atoms with Gasteiger partial charge in [0, 0.05) is 5.69 Å². The number of para-hydroxylation sites is 1. The van der Waals surface area contributed by atoms with E-state index < -0.39 is 0 Å². The third kappa shape index (κ3) is 1.83. The SMILES string of the molecule is Cc1ccccc1N1CC[N-]CC1. The third-order valence-electron chi connectivity index (χ3n) is 2.51. The lowest BCUT2D eigenvalue weighted by atomic mass is 10.1. The van der Waals surface area contributed by atoms with E-state index in [1.165, 1.54) is 11.3 Å². The van der Waals surface area contributed by atoms with Crippen LogP contribution in [0.15, 0.2) is 24.3 Å². The van der Waals surface area contributed by atoms with Crippen LogP contribution >= 0.6 is 0 Å². The van der Waals surface area contributed by atoms with Gasteiger partial charge in [-0.3, -0.25) is 0 Å². The summed E-state index contributed by atoms with van der Waals surface area (Å²) in [5.74, 6) is 0. The summed E-state index contributed by atoms with van der Waals surface area (Å²) in [5, 5.41) is 4.34. The molecule has 0 bridgehead atoms. The molecule has 0 N–H and O–H groups in total. The lowest BCUT2D eigenvalue weighted by Crippen LogP contribution is -2.34. The molecule has 1 fully saturated rings. The summed E-state index contributed by atoms with van der Waals surface area (Å²) in [6, 6.07) is 8.56. The molecule has 0 atom stereocenters. The van der Waals surface area contributed by atoms with Gasteiger partial charge < -0.3 is 10.2 Å². The van der Waals surface area contributed by atoms with E-state index >= 15 is 0 Å². The molecule has 13 heavy (non-hydrogen) atoms. The van der Waals surface area contributed by atoms with Crippen LogP contribution in [-0.4, -0.2) is 26.2 Å². The highest BCUT2D eigenvalue weighted by Gasteiger charge is 2.06. The van der Waals surface area contributed by atoms with Gasteiger partial charge in [-0.1, -0.05) is 18.2 Å². The van der Waals surface area contributed by atoms with Gasteiger partial charge in [0.2, 0.25) is 0 Å². The molecular weight excluding hydrogens is 160 g/mol. The van der Waals surface area contributed by atoms with Crippen LogP contribution < -0.4 is 4.90 Å². The zero-order valence-electron chi connectivity index (χ0n) is 8.03. The van der Waals surface area contributed by atoms with Crippen molar-refractivity contribution in [2.45, 2.75) is 6.92 Å². The van der Waals surface area contributed by atoms with Crippen LogP contribution in [0.25, 0.3) is 5.32 Å². The monoisotopic (exact) mass is 175 g/mol. The second-order valence-electron chi connectivity index (χ2n) is 3.44. The average molecular weight is 175 g/mol. The van der Waals surface area contributed by atoms with E-state index in [2.05, 4.69) is 41.4 Å². The smallest absolute Gasteiger partial charge is 0.0394 e. The van der Waals surface area contributed by atoms with Gasteiger partial charge >= 0.3 is 0 Å². The molecule has 0 spiro atoms. The molecule has 0 radical (unpaired) electrons. The first kappa shape index (κ1) is 8.57. The third-order valence-corrected chi connectivity index (χ3v) is 2.51. The Morgan fingerprint density at radius 2 is 1.85 bits per heavy atom. The molecular formula is C11H15N2-. The summed E-state index contributed by atoms with van der Waals surface area (Å²) in [4.78, 5) is 2.42. The molecule has 1 aliphatic rings. The van der Waals surface area contributed by atoms with Gasteiger partial charge in [0.25, 0.3) is 0 Å². The molecule has 1 heterocycles. The van der Waals surface area contributed by atoms with Gasteiger partial charge in [-0.15, -0.1) is 13.1 Å². The predicted molar refractivity (Wildman–Crippen MR) is 56.5 cm³/mol. The molecule has 1 aromatic rings. The first-order chi connectivity index (χ1) is 6.38. The quantitative estimate of drug-likeness (QED) is 0.639. The highest BCUT2D eigenvalue weighted by Crippen LogP contribution is 2.20. The van der Waals surface area contributed by atoms with E-state index in [1.807, 2.05) is 0 Å². The van der Waals surface area contributed by atoms with E-state index in [-0.39, 0.29) is 0 Å². The molecule has 0 aromatic heterocycles. The van der Waals surface area contributed by atoms with Crippen molar-refractivity contribution in [2.24, 2.45) is 0 Å². The van der Waals surface area contributed by atoms with E-state index in [1.54, 1.807) is 0 Å². The number of anilines is 1. The summed E-state index contributed by atoms with van der Waals surface area (Å²) in [7, 11) is 0. The Kier molecular flexibility index (Phi) is 2.50. The van der Waals surface area contributed by atoms with Gasteiger partial charge in [-0.25, -0.2) is 0 Å². The summed E-state index contributed by atoms with van der Waals surface area (Å²) in [6.07, 6.45) is 0. The van der Waals surface area contributed by atoms with E-state index in [0.29, 0.717) is 0 Å². The Morgan fingerprint density at radius 1 is 1.15 bits per heavy atom. The molecule has 1 aromatic carbocycles. The van der Waals surface area contributed by atoms with Gasteiger partial charge in [0.15, 0.2) is 0 Å². The van der Waals surface area contributed by atoms with Gasteiger partial charge in [0.05, 0.1) is 0 Å². The van der Waals surface area contributed by atoms with Crippen LogP contribution in [0.2, 0.25) is 0 Å². The highest BCUT2D eigenvalue weighted by molar-refractivity contribution is 5.53. The van der Waals surface area contributed by atoms with Crippen molar-refractivity contribution in [3.63, 3.8) is 0 Å². The van der Waals surface area contributed by atoms with Crippen molar-refractivity contribution in [3.05, 3.63) is 35.1 Å². The number of rotatable bonds is 1. The summed E-state index contributed by atoms with van der Waals surface area (Å²) >= 11 is 0. The number of hydrogen-bond acceptors (Lipinski definition) is 1. The minimum Gasteiger partial charge on any atom is -0.659 e. The Bertz CT molecular complexity index is 277. The zero-order valence-corrected chi connectivity index (χ0v) is 8.03. The van der Waals surface area contributed by atoms with Crippen molar-refractivity contribution in [2.75, 3.05) is 31.1 Å². The molecule has 0 unspecified atom stereocenters. The second kappa shape index (κ2) is 3.79. The Hall–Kier alpha value is -1.02. The van der Waals surface area contributed by atoms with Crippen molar-refractivity contribution >= 4 is 5.69 Å². The van der Waals surface area contributed by atoms with Crippen molar-refractivity contribution in [3.8, 4) is 0 Å². The number of nitrogens with zero attached hydrogens (tertiary/aromatic N) is 2. The number of benzene rings is 1. The topological polar surface area (TPSA) is 17.3 Å². The molecule has 2 rings (SSSR count). The lowest BCUT2D eigenvalue weighted by Gasteiger charge is -2.37. The van der Waals surface area contributed by atoms with Gasteiger partial charge in [0.1, 0.15) is 0 Å². The summed E-state index contributed by atoms with van der Waals surface area (Å²) in [6.45, 7) is 6.28. The predicted octanol–water partition coefficient (Wildman–Crippen LogP) is 2.19. The number of hydrogen-bond donors (Lipinski definition) is 0. The maximum atomic E-state index is 4.34. The zero-order chi connectivity index (χ0) is 9.10. The summed E-state index contributed by atoms with van der Waals surface area (Å²) in [5.41, 5.74) is 2.74. The number of aryl methyl sites for hydroxylation is 1. The molecule has 2 nitrogen and oxygen atoms in total. The maximum Gasteiger partial charge on any atom is 0.0394 e. The van der Waals surface area contributed by atoms with Gasteiger partial charge in [-0.05, 0) is 31.6 Å². The Labute approximate surface area is 79.6 Å². The molecule has 2 heteroatoms. The van der Waals surface area contributed by atoms with Crippen LogP contribution in [0.5, 0.6) is 0 Å². The molecule has 0 aliphatic carbocycles. The minimum absolute atomic E-state index is 0.980. The fraction of sp³-hybridized carbons (Fsp3) is 0.455. The number of piperazine rings is 1. The molecule has 70 valence electrons. The molecule has 1 aliphatic heterocycles. The van der Waals surface area contributed by atoms with Crippen LogP contribution in [0.3, 0.4) is 0 Å². The first-order valence-corrected chi connectivity index (χ1v) is 4.82. The van der Waals surface area contributed by atoms with Crippen molar-refractivity contribution in [1.82, 2.24) is 0 Å². The highest BCUT2D eigenvalue weighted by atomic mass is 15.2. The average Bonchev–Trinajstić information content (AvgIpc) is 2.20. The molecule has 0 saturated carbocycles. The standard InChI is InChI=1S/C11H15N2/c1-10-4-2-3-5-11(10)13-8-6-12-7-9-13/h2-5H,6-9H2,1H3/q-1. The van der Waals surface area contributed by atoms with Crippen LogP contribution in [0, 0.1) is 6.92 Å². The van der Waals surface area contributed by atoms with E-state index in [0.717, 1.165) is 26.2 Å². The van der Waals surface area contributed by atoms with Crippen LogP contribution in [-0.2, 0) is 0 Å². The lowest BCUT2D eigenvalue weighted by molar-refractivity contribution is 0.756. The Morgan fingerprint density at radius 3 is 2.54 bits per heavy atom. The molecule has 0 amide bonds. The second-order valence-corrected chi connectivity index (χ2v) is 3.44. The van der Waals surface area contributed by atoms with Gasteiger partial charge in [-0.2, -0.15) is 0 Å². The van der Waals surface area contributed by atoms with E-state index in [9.17, 15) is 0 Å². The largest absolute Gasteiger partial charge is 0.659 e. The molecule has 1 saturated heterocycles. The fourth-order valence-electron chi connectivity index (χ4n) is 1.77. The van der Waals surface area contributed by atoms with E-state index in [4.69, 9.17) is 0 Å². The minimum atomic E-state index is 0.980. The first-order valence-electron chi connectivity index (χ1n) is 4.82. The normalized spacial score (nSPS) is 17.5. The van der Waals surface area contributed by atoms with Crippen molar-refractivity contribution in [1.29, 1.82) is 0 Å². The summed E-state index contributed by atoms with van der Waals surface area (Å²) < 4.78 is 0. The van der Waals surface area contributed by atoms with Crippen LogP contribution in [0.4, 0.5) is 5.69 Å². The Balaban J connectivity index is 2.18. The fourth-order valence-corrected chi connectivity index (χ4v) is 1.77. The maximum absolute atomic E-state index is 4.34. The van der Waals surface area contributed by atoms with Crippen LogP contribution in [0.1, 0.15) is 5.56 Å². The van der Waals surface area contributed by atoms with Crippen molar-refractivity contribution < 1.29 is 0 Å².